The summed E-state index contributed by atoms with van der Waals surface area (Å²) in [7, 11) is 4.87. The second-order valence-corrected chi connectivity index (χ2v) is 6.27. The van der Waals surface area contributed by atoms with E-state index in [0.29, 0.717) is 24.6 Å². The zero-order valence-electron chi connectivity index (χ0n) is 17.2. The molecule has 0 bridgehead atoms. The van der Waals surface area contributed by atoms with Gasteiger partial charge >= 0.3 is 0 Å². The van der Waals surface area contributed by atoms with Crippen LogP contribution in [-0.2, 0) is 17.9 Å². The van der Waals surface area contributed by atoms with Gasteiger partial charge in [-0.3, -0.25) is 4.99 Å². The maximum atomic E-state index is 13.7. The van der Waals surface area contributed by atoms with Gasteiger partial charge in [0.15, 0.2) is 5.96 Å². The lowest BCUT2D eigenvalue weighted by atomic mass is 10.1. The summed E-state index contributed by atoms with van der Waals surface area (Å²) in [4.78, 5) is 4.21. The molecule has 8 heteroatoms. The van der Waals surface area contributed by atoms with Crippen LogP contribution in [0.25, 0.3) is 0 Å². The Morgan fingerprint density at radius 2 is 1.86 bits per heavy atom. The van der Waals surface area contributed by atoms with Gasteiger partial charge in [0.25, 0.3) is 0 Å². The summed E-state index contributed by atoms with van der Waals surface area (Å²) >= 11 is 0. The number of hydrogen-bond donors (Lipinski definition) is 2. The Bertz CT molecular complexity index is 790. The SMILES string of the molecule is CN=C(NCc1ccc(F)c(COC)c1)NCC(C)Oc1cccc(OC)c1.I. The number of aliphatic imine (C=N–C) groups is 1. The second-order valence-electron chi connectivity index (χ2n) is 6.27. The molecule has 2 N–H and O–H groups in total. The van der Waals surface area contributed by atoms with Crippen LogP contribution in [0.1, 0.15) is 18.1 Å². The first-order valence-electron chi connectivity index (χ1n) is 9.07. The number of guanidine groups is 1. The monoisotopic (exact) mass is 517 g/mol. The first-order chi connectivity index (χ1) is 13.5. The van der Waals surface area contributed by atoms with Gasteiger partial charge in [0.05, 0.1) is 20.3 Å². The van der Waals surface area contributed by atoms with Crippen molar-refractivity contribution in [2.45, 2.75) is 26.2 Å². The van der Waals surface area contributed by atoms with Crippen molar-refractivity contribution in [1.82, 2.24) is 10.6 Å². The van der Waals surface area contributed by atoms with E-state index in [0.717, 1.165) is 17.1 Å². The Morgan fingerprint density at radius 3 is 2.55 bits per heavy atom. The number of hydrogen-bond acceptors (Lipinski definition) is 4. The molecular formula is C21H29FIN3O3. The van der Waals surface area contributed by atoms with E-state index in [1.165, 1.54) is 6.07 Å². The molecule has 0 spiro atoms. The summed E-state index contributed by atoms with van der Waals surface area (Å²) in [6, 6.07) is 12.5. The molecule has 0 aliphatic rings. The number of nitrogens with one attached hydrogen (secondary N) is 2. The van der Waals surface area contributed by atoms with Crippen molar-refractivity contribution in [3.05, 3.63) is 59.4 Å². The third-order valence-electron chi connectivity index (χ3n) is 4.03. The molecular weight excluding hydrogens is 488 g/mol. The largest absolute Gasteiger partial charge is 0.497 e. The van der Waals surface area contributed by atoms with E-state index in [1.807, 2.05) is 31.2 Å². The van der Waals surface area contributed by atoms with E-state index in [4.69, 9.17) is 14.2 Å². The van der Waals surface area contributed by atoms with Gasteiger partial charge in [-0.1, -0.05) is 12.1 Å². The highest BCUT2D eigenvalue weighted by Crippen LogP contribution is 2.19. The van der Waals surface area contributed by atoms with E-state index in [9.17, 15) is 4.39 Å². The number of methoxy groups -OCH3 is 2. The molecule has 0 aliphatic carbocycles. The molecule has 0 amide bonds. The molecule has 2 aromatic rings. The van der Waals surface area contributed by atoms with Crippen LogP contribution >= 0.6 is 24.0 Å². The Morgan fingerprint density at radius 1 is 1.10 bits per heavy atom. The minimum Gasteiger partial charge on any atom is -0.497 e. The number of halogens is 2. The topological polar surface area (TPSA) is 64.1 Å². The van der Waals surface area contributed by atoms with Crippen molar-refractivity contribution in [2.75, 3.05) is 27.8 Å². The van der Waals surface area contributed by atoms with Gasteiger partial charge < -0.3 is 24.8 Å². The quantitative estimate of drug-likeness (QED) is 0.302. The minimum absolute atomic E-state index is 0. The number of nitrogens with zero attached hydrogens (tertiary/aromatic N) is 1. The lowest BCUT2D eigenvalue weighted by molar-refractivity contribution is 0.181. The van der Waals surface area contributed by atoms with Crippen LogP contribution in [0.2, 0.25) is 0 Å². The third kappa shape index (κ3) is 8.45. The first-order valence-corrected chi connectivity index (χ1v) is 9.07. The van der Waals surface area contributed by atoms with E-state index in [2.05, 4.69) is 15.6 Å². The third-order valence-corrected chi connectivity index (χ3v) is 4.03. The minimum atomic E-state index is -0.267. The molecule has 0 aromatic heterocycles. The Balaban J connectivity index is 0.00000420. The Labute approximate surface area is 188 Å². The predicted molar refractivity (Wildman–Crippen MR) is 124 cm³/mol. The average Bonchev–Trinajstić information content (AvgIpc) is 2.70. The fourth-order valence-electron chi connectivity index (χ4n) is 2.60. The van der Waals surface area contributed by atoms with E-state index in [1.54, 1.807) is 33.4 Å². The molecule has 0 saturated heterocycles. The van der Waals surface area contributed by atoms with Gasteiger partial charge in [-0.05, 0) is 36.8 Å². The number of benzene rings is 2. The average molecular weight is 517 g/mol. The predicted octanol–water partition coefficient (Wildman–Crippen LogP) is 3.73. The van der Waals surface area contributed by atoms with Gasteiger partial charge in [-0.15, -0.1) is 24.0 Å². The van der Waals surface area contributed by atoms with Crippen LogP contribution in [0.5, 0.6) is 11.5 Å². The van der Waals surface area contributed by atoms with Crippen LogP contribution in [-0.4, -0.2) is 39.9 Å². The summed E-state index contributed by atoms with van der Waals surface area (Å²) in [5.41, 5.74) is 1.47. The molecule has 1 unspecified atom stereocenters. The normalized spacial score (nSPS) is 12.0. The fraction of sp³-hybridized carbons (Fsp3) is 0.381. The molecule has 2 rings (SSSR count). The van der Waals surface area contributed by atoms with Gasteiger partial charge in [-0.2, -0.15) is 0 Å². The molecule has 160 valence electrons. The Hall–Kier alpha value is -2.07. The molecule has 6 nitrogen and oxygen atoms in total. The van der Waals surface area contributed by atoms with Crippen molar-refractivity contribution in [3.63, 3.8) is 0 Å². The molecule has 2 aromatic carbocycles. The molecule has 0 aliphatic heterocycles. The van der Waals surface area contributed by atoms with Gasteiger partial charge in [0.1, 0.15) is 23.4 Å². The zero-order valence-corrected chi connectivity index (χ0v) is 19.5. The zero-order chi connectivity index (χ0) is 20.4. The Kier molecular flexibility index (Phi) is 11.4. The lowest BCUT2D eigenvalue weighted by Gasteiger charge is -2.18. The molecule has 0 fully saturated rings. The van der Waals surface area contributed by atoms with Crippen LogP contribution in [0, 0.1) is 5.82 Å². The summed E-state index contributed by atoms with van der Waals surface area (Å²) in [6.07, 6.45) is -0.0789. The molecule has 29 heavy (non-hydrogen) atoms. The fourth-order valence-corrected chi connectivity index (χ4v) is 2.60. The van der Waals surface area contributed by atoms with Crippen LogP contribution < -0.4 is 20.1 Å². The number of ether oxygens (including phenoxy) is 3. The maximum Gasteiger partial charge on any atom is 0.191 e. The van der Waals surface area contributed by atoms with Crippen LogP contribution in [0.15, 0.2) is 47.5 Å². The van der Waals surface area contributed by atoms with E-state index >= 15 is 0 Å². The summed E-state index contributed by atoms with van der Waals surface area (Å²) in [5.74, 6) is 1.87. The first kappa shape index (κ1) is 25.0. The van der Waals surface area contributed by atoms with Gasteiger partial charge in [-0.25, -0.2) is 4.39 Å². The van der Waals surface area contributed by atoms with Crippen molar-refractivity contribution < 1.29 is 18.6 Å². The highest BCUT2D eigenvalue weighted by atomic mass is 127. The lowest BCUT2D eigenvalue weighted by Crippen LogP contribution is -2.41. The summed E-state index contributed by atoms with van der Waals surface area (Å²) < 4.78 is 29.8. The van der Waals surface area contributed by atoms with E-state index in [-0.39, 0.29) is 42.5 Å². The van der Waals surface area contributed by atoms with Crippen molar-refractivity contribution in [2.24, 2.45) is 4.99 Å². The smallest absolute Gasteiger partial charge is 0.191 e. The summed E-state index contributed by atoms with van der Waals surface area (Å²) in [6.45, 7) is 3.29. The maximum absolute atomic E-state index is 13.7. The molecule has 0 radical (unpaired) electrons. The highest BCUT2D eigenvalue weighted by Gasteiger charge is 2.08. The standard InChI is InChI=1S/C21H28FN3O3.HI/c1-15(28-19-7-5-6-18(11-19)27-4)12-24-21(23-2)25-13-16-8-9-20(22)17(10-16)14-26-3;/h5-11,15H,12-14H2,1-4H3,(H2,23,24,25);1H. The van der Waals surface area contributed by atoms with Crippen molar-refractivity contribution >= 4 is 29.9 Å². The van der Waals surface area contributed by atoms with Crippen molar-refractivity contribution in [1.29, 1.82) is 0 Å². The molecule has 0 heterocycles. The van der Waals surface area contributed by atoms with Gasteiger partial charge in [0.2, 0.25) is 0 Å². The second kappa shape index (κ2) is 13.2. The number of rotatable bonds is 9. The summed E-state index contributed by atoms with van der Waals surface area (Å²) in [5, 5.41) is 6.44. The highest BCUT2D eigenvalue weighted by molar-refractivity contribution is 14.0. The van der Waals surface area contributed by atoms with Crippen LogP contribution in [0.3, 0.4) is 0 Å². The van der Waals surface area contributed by atoms with E-state index < -0.39 is 0 Å². The molecule has 1 atom stereocenters. The van der Waals surface area contributed by atoms with Crippen LogP contribution in [0.4, 0.5) is 4.39 Å². The van der Waals surface area contributed by atoms with Crippen molar-refractivity contribution in [3.8, 4) is 11.5 Å². The molecule has 0 saturated carbocycles. The van der Waals surface area contributed by atoms with Gasteiger partial charge in [0, 0.05) is 32.3 Å².